The lowest BCUT2D eigenvalue weighted by atomic mass is 9.88. The van der Waals surface area contributed by atoms with E-state index in [-0.39, 0.29) is 29.4 Å². The van der Waals surface area contributed by atoms with Crippen molar-refractivity contribution < 1.29 is 23.1 Å². The van der Waals surface area contributed by atoms with Gasteiger partial charge in [0.05, 0.1) is 0 Å². The molecule has 7 heteroatoms. The summed E-state index contributed by atoms with van der Waals surface area (Å²) < 4.78 is 28.8. The van der Waals surface area contributed by atoms with Crippen LogP contribution in [0.15, 0.2) is 24.3 Å². The van der Waals surface area contributed by atoms with E-state index in [4.69, 9.17) is 0 Å². The van der Waals surface area contributed by atoms with Gasteiger partial charge in [-0.2, -0.15) is 8.78 Å². The highest BCUT2D eigenvalue weighted by Gasteiger charge is 2.30. The van der Waals surface area contributed by atoms with Crippen molar-refractivity contribution in [1.82, 2.24) is 10.2 Å². The van der Waals surface area contributed by atoms with Crippen LogP contribution >= 0.6 is 0 Å². The van der Waals surface area contributed by atoms with E-state index in [1.807, 2.05) is 13.8 Å². The molecule has 0 saturated heterocycles. The number of alkyl halides is 2. The molecule has 1 atom stereocenters. The summed E-state index contributed by atoms with van der Waals surface area (Å²) in [6, 6.07) is 5.61. The van der Waals surface area contributed by atoms with E-state index in [0.29, 0.717) is 6.54 Å². The molecule has 1 N–H and O–H groups in total. The van der Waals surface area contributed by atoms with E-state index in [1.54, 1.807) is 24.1 Å². The van der Waals surface area contributed by atoms with Crippen molar-refractivity contribution >= 4 is 11.8 Å². The average molecular weight is 396 g/mol. The zero-order valence-corrected chi connectivity index (χ0v) is 16.8. The Morgan fingerprint density at radius 3 is 2.29 bits per heavy atom. The van der Waals surface area contributed by atoms with Crippen LogP contribution in [0.4, 0.5) is 8.78 Å². The van der Waals surface area contributed by atoms with Gasteiger partial charge < -0.3 is 15.0 Å². The van der Waals surface area contributed by atoms with Crippen molar-refractivity contribution in [3.63, 3.8) is 0 Å². The molecule has 1 aliphatic carbocycles. The summed E-state index contributed by atoms with van der Waals surface area (Å²) in [4.78, 5) is 27.0. The molecule has 0 heterocycles. The molecule has 5 nitrogen and oxygen atoms in total. The Kier molecular flexibility index (Phi) is 8.20. The summed E-state index contributed by atoms with van der Waals surface area (Å²) in [6.07, 6.45) is 5.05. The summed E-state index contributed by atoms with van der Waals surface area (Å²) in [5.41, 5.74) is 0.790. The monoisotopic (exact) mass is 396 g/mol. The molecule has 28 heavy (non-hydrogen) atoms. The number of carbonyl (C=O) groups is 2. The van der Waals surface area contributed by atoms with Crippen molar-refractivity contribution in [2.24, 2.45) is 11.8 Å². The van der Waals surface area contributed by atoms with Crippen LogP contribution in [0.3, 0.4) is 0 Å². The van der Waals surface area contributed by atoms with Crippen LogP contribution < -0.4 is 10.1 Å². The molecule has 1 aromatic carbocycles. The van der Waals surface area contributed by atoms with Gasteiger partial charge in [-0.1, -0.05) is 45.2 Å². The van der Waals surface area contributed by atoms with Crippen molar-refractivity contribution in [2.75, 3.05) is 7.05 Å². The number of benzene rings is 1. The van der Waals surface area contributed by atoms with Crippen LogP contribution in [0.2, 0.25) is 0 Å². The molecule has 0 aliphatic heterocycles. The van der Waals surface area contributed by atoms with Crippen LogP contribution in [0.5, 0.6) is 5.75 Å². The summed E-state index contributed by atoms with van der Waals surface area (Å²) >= 11 is 0. The van der Waals surface area contributed by atoms with Crippen molar-refractivity contribution in [3.8, 4) is 5.75 Å². The lowest BCUT2D eigenvalue weighted by Crippen LogP contribution is -2.51. The quantitative estimate of drug-likeness (QED) is 0.723. The van der Waals surface area contributed by atoms with E-state index >= 15 is 0 Å². The minimum atomic E-state index is -2.87. The molecular formula is C21H30F2N2O3. The number of nitrogens with one attached hydrogen (secondary N) is 1. The van der Waals surface area contributed by atoms with E-state index in [2.05, 4.69) is 10.1 Å². The Balaban J connectivity index is 1.96. The van der Waals surface area contributed by atoms with Crippen LogP contribution in [0.1, 0.15) is 51.5 Å². The number of carbonyl (C=O) groups excluding carboxylic acids is 2. The first-order chi connectivity index (χ1) is 13.3. The second-order valence-electron chi connectivity index (χ2n) is 7.78. The van der Waals surface area contributed by atoms with Gasteiger partial charge in [-0.05, 0) is 36.5 Å². The third-order valence-electron chi connectivity index (χ3n) is 5.15. The maximum Gasteiger partial charge on any atom is 0.387 e. The van der Waals surface area contributed by atoms with Crippen LogP contribution in [-0.4, -0.2) is 36.4 Å². The standard InChI is InChI=1S/C21H30F2N2O3/c1-14(2)18(24-19(26)16-7-5-4-6-8-16)20(27)25(3)13-15-9-11-17(12-10-15)28-21(22)23/h9-12,14,16,18,21H,4-8,13H2,1-3H3,(H,24,26)/t18-/m1/s1. The molecule has 0 unspecified atom stereocenters. The fraction of sp³-hybridized carbons (Fsp3) is 0.619. The summed E-state index contributed by atoms with van der Waals surface area (Å²) in [7, 11) is 1.67. The van der Waals surface area contributed by atoms with Gasteiger partial charge in [0.15, 0.2) is 0 Å². The molecule has 1 aliphatic rings. The fourth-order valence-corrected chi connectivity index (χ4v) is 3.51. The van der Waals surface area contributed by atoms with E-state index in [1.165, 1.54) is 18.6 Å². The van der Waals surface area contributed by atoms with Crippen molar-refractivity contribution in [1.29, 1.82) is 0 Å². The predicted octanol–water partition coefficient (Wildman–Crippen LogP) is 3.97. The number of hydrogen-bond acceptors (Lipinski definition) is 3. The molecule has 1 fully saturated rings. The van der Waals surface area contributed by atoms with Gasteiger partial charge in [-0.15, -0.1) is 0 Å². The largest absolute Gasteiger partial charge is 0.435 e. The Hall–Kier alpha value is -2.18. The van der Waals surface area contributed by atoms with Gasteiger partial charge >= 0.3 is 6.61 Å². The van der Waals surface area contributed by atoms with Gasteiger partial charge in [0.2, 0.25) is 11.8 Å². The van der Waals surface area contributed by atoms with Gasteiger partial charge in [-0.3, -0.25) is 9.59 Å². The van der Waals surface area contributed by atoms with E-state index in [0.717, 1.165) is 31.2 Å². The number of amides is 2. The van der Waals surface area contributed by atoms with Gasteiger partial charge in [0.1, 0.15) is 11.8 Å². The smallest absolute Gasteiger partial charge is 0.387 e. The highest BCUT2D eigenvalue weighted by molar-refractivity contribution is 5.88. The molecule has 156 valence electrons. The summed E-state index contributed by atoms with van der Waals surface area (Å²) in [5.74, 6) is -0.159. The topological polar surface area (TPSA) is 58.6 Å². The van der Waals surface area contributed by atoms with Crippen LogP contribution in [0.25, 0.3) is 0 Å². The first-order valence-electron chi connectivity index (χ1n) is 9.87. The molecule has 1 saturated carbocycles. The Labute approximate surface area is 165 Å². The minimum Gasteiger partial charge on any atom is -0.435 e. The molecular weight excluding hydrogens is 366 g/mol. The van der Waals surface area contributed by atoms with Gasteiger partial charge in [0.25, 0.3) is 0 Å². The average Bonchev–Trinajstić information content (AvgIpc) is 2.67. The predicted molar refractivity (Wildman–Crippen MR) is 103 cm³/mol. The second kappa shape index (κ2) is 10.4. The summed E-state index contributed by atoms with van der Waals surface area (Å²) in [5, 5.41) is 2.95. The molecule has 2 rings (SSSR count). The SMILES string of the molecule is CC(C)[C@@H](NC(=O)C1CCCCC1)C(=O)N(C)Cc1ccc(OC(F)F)cc1. The molecule has 0 spiro atoms. The third kappa shape index (κ3) is 6.46. The Bertz CT molecular complexity index is 644. The molecule has 1 aromatic rings. The number of hydrogen-bond donors (Lipinski definition) is 1. The normalized spacial score (nSPS) is 16.1. The van der Waals surface area contributed by atoms with Crippen molar-refractivity contribution in [3.05, 3.63) is 29.8 Å². The number of nitrogens with zero attached hydrogens (tertiary/aromatic N) is 1. The van der Waals surface area contributed by atoms with Gasteiger partial charge in [-0.25, -0.2) is 0 Å². The van der Waals surface area contributed by atoms with E-state index in [9.17, 15) is 18.4 Å². The van der Waals surface area contributed by atoms with E-state index < -0.39 is 12.7 Å². The third-order valence-corrected chi connectivity index (χ3v) is 5.15. The molecule has 2 amide bonds. The lowest BCUT2D eigenvalue weighted by Gasteiger charge is -2.29. The van der Waals surface area contributed by atoms with Crippen LogP contribution in [-0.2, 0) is 16.1 Å². The molecule has 0 bridgehead atoms. The first kappa shape index (κ1) is 22.1. The molecule has 0 radical (unpaired) electrons. The zero-order chi connectivity index (χ0) is 20.7. The highest BCUT2D eigenvalue weighted by Crippen LogP contribution is 2.24. The number of rotatable bonds is 8. The first-order valence-corrected chi connectivity index (χ1v) is 9.87. The minimum absolute atomic E-state index is 0.00418. The molecule has 0 aromatic heterocycles. The van der Waals surface area contributed by atoms with Gasteiger partial charge in [0, 0.05) is 19.5 Å². The Morgan fingerprint density at radius 1 is 1.14 bits per heavy atom. The number of halogens is 2. The fourth-order valence-electron chi connectivity index (χ4n) is 3.51. The number of likely N-dealkylation sites (N-methyl/N-ethyl adjacent to an activating group) is 1. The Morgan fingerprint density at radius 2 is 1.75 bits per heavy atom. The van der Waals surface area contributed by atoms with Crippen molar-refractivity contribution in [2.45, 2.75) is 65.1 Å². The zero-order valence-electron chi connectivity index (χ0n) is 16.8. The van der Waals surface area contributed by atoms with Crippen LogP contribution in [0, 0.1) is 11.8 Å². The maximum absolute atomic E-state index is 12.9. The lowest BCUT2D eigenvalue weighted by molar-refractivity contribution is -0.138. The second-order valence-corrected chi connectivity index (χ2v) is 7.78. The highest BCUT2D eigenvalue weighted by atomic mass is 19.3. The summed E-state index contributed by atoms with van der Waals surface area (Å²) in [6.45, 7) is 1.27. The number of ether oxygens (including phenoxy) is 1. The maximum atomic E-state index is 12.9.